The van der Waals surface area contributed by atoms with E-state index in [1.165, 1.54) is 12.1 Å². The molecular weight excluding hydrogens is 307 g/mol. The zero-order valence-electron chi connectivity index (χ0n) is 12.5. The number of aromatic nitrogens is 1. The van der Waals surface area contributed by atoms with Crippen molar-refractivity contribution in [1.29, 1.82) is 0 Å². The third-order valence-corrected chi connectivity index (χ3v) is 4.48. The number of thiazole rings is 1. The van der Waals surface area contributed by atoms with E-state index in [9.17, 15) is 4.39 Å². The van der Waals surface area contributed by atoms with Gasteiger partial charge in [-0.15, -0.1) is 11.3 Å². The fourth-order valence-electron chi connectivity index (χ4n) is 2.02. The first kappa shape index (κ1) is 16.4. The summed E-state index contributed by atoms with van der Waals surface area (Å²) in [5.41, 5.74) is 8.20. The molecule has 2 nitrogen and oxygen atoms in total. The van der Waals surface area contributed by atoms with Crippen LogP contribution in [0.4, 0.5) is 4.39 Å². The lowest BCUT2D eigenvalue weighted by atomic mass is 9.93. The van der Waals surface area contributed by atoms with Gasteiger partial charge in [0.05, 0.1) is 10.7 Å². The van der Waals surface area contributed by atoms with Crippen LogP contribution in [0.15, 0.2) is 23.6 Å². The Kier molecular flexibility index (Phi) is 5.02. The van der Waals surface area contributed by atoms with Gasteiger partial charge < -0.3 is 5.73 Å². The van der Waals surface area contributed by atoms with Gasteiger partial charge in [0.15, 0.2) is 0 Å². The van der Waals surface area contributed by atoms with Gasteiger partial charge in [0, 0.05) is 28.3 Å². The molecule has 0 saturated heterocycles. The summed E-state index contributed by atoms with van der Waals surface area (Å²) in [5.74, 6) is -0.327. The van der Waals surface area contributed by atoms with E-state index >= 15 is 0 Å². The predicted octanol–water partition coefficient (Wildman–Crippen LogP) is 4.35. The van der Waals surface area contributed by atoms with Crippen LogP contribution in [-0.2, 0) is 18.3 Å². The van der Waals surface area contributed by atoms with Gasteiger partial charge in [0.25, 0.3) is 0 Å². The molecule has 0 radical (unpaired) electrons. The molecule has 2 N–H and O–H groups in total. The molecule has 21 heavy (non-hydrogen) atoms. The minimum absolute atomic E-state index is 0.0547. The second-order valence-electron chi connectivity index (χ2n) is 6.28. The zero-order valence-corrected chi connectivity index (χ0v) is 14.1. The Bertz CT molecular complexity index is 619. The standard InChI is InChI=1S/C16H20ClFN2S/c1-16(2,3)14-9-21-15(20-14)8-12(19)6-10-4-5-11(18)7-13(10)17/h4-5,7,9,12H,6,8,19H2,1-3H3. The molecule has 0 aliphatic carbocycles. The van der Waals surface area contributed by atoms with E-state index in [1.54, 1.807) is 17.4 Å². The average molecular weight is 327 g/mol. The first-order valence-electron chi connectivity index (χ1n) is 6.90. The van der Waals surface area contributed by atoms with E-state index in [0.29, 0.717) is 17.9 Å². The summed E-state index contributed by atoms with van der Waals surface area (Å²) in [6.45, 7) is 6.43. The fraction of sp³-hybridized carbons (Fsp3) is 0.438. The minimum Gasteiger partial charge on any atom is -0.327 e. The summed E-state index contributed by atoms with van der Waals surface area (Å²) in [6, 6.07) is 4.35. The van der Waals surface area contributed by atoms with Crippen LogP contribution in [0.5, 0.6) is 0 Å². The molecule has 0 saturated carbocycles. The average Bonchev–Trinajstić information content (AvgIpc) is 2.81. The molecule has 0 aliphatic rings. The Hall–Kier alpha value is -0.970. The Labute approximate surface area is 134 Å². The van der Waals surface area contributed by atoms with Crippen molar-refractivity contribution in [2.45, 2.75) is 45.1 Å². The predicted molar refractivity (Wildman–Crippen MR) is 87.6 cm³/mol. The van der Waals surface area contributed by atoms with Crippen molar-refractivity contribution in [2.24, 2.45) is 5.73 Å². The summed E-state index contributed by atoms with van der Waals surface area (Å²) in [7, 11) is 0. The van der Waals surface area contributed by atoms with Crippen LogP contribution >= 0.6 is 22.9 Å². The van der Waals surface area contributed by atoms with E-state index < -0.39 is 0 Å². The van der Waals surface area contributed by atoms with Crippen LogP contribution in [0.2, 0.25) is 5.02 Å². The van der Waals surface area contributed by atoms with Gasteiger partial charge >= 0.3 is 0 Å². The maximum Gasteiger partial charge on any atom is 0.124 e. The Morgan fingerprint density at radius 2 is 2.05 bits per heavy atom. The third kappa shape index (κ3) is 4.50. The normalized spacial score (nSPS) is 13.4. The van der Waals surface area contributed by atoms with E-state index in [2.05, 4.69) is 31.1 Å². The highest BCUT2D eigenvalue weighted by molar-refractivity contribution is 7.09. The van der Waals surface area contributed by atoms with Crippen LogP contribution in [0, 0.1) is 5.82 Å². The lowest BCUT2D eigenvalue weighted by Crippen LogP contribution is -2.25. The number of nitrogens with zero attached hydrogens (tertiary/aromatic N) is 1. The first-order valence-corrected chi connectivity index (χ1v) is 8.16. The van der Waals surface area contributed by atoms with Gasteiger partial charge in [-0.2, -0.15) is 0 Å². The first-order chi connectivity index (χ1) is 9.75. The van der Waals surface area contributed by atoms with Crippen LogP contribution in [0.3, 0.4) is 0 Å². The SMILES string of the molecule is CC(C)(C)c1csc(CC(N)Cc2ccc(F)cc2Cl)n1. The molecule has 0 aliphatic heterocycles. The van der Waals surface area contributed by atoms with Crippen molar-refractivity contribution in [3.8, 4) is 0 Å². The summed E-state index contributed by atoms with van der Waals surface area (Å²) < 4.78 is 13.0. The highest BCUT2D eigenvalue weighted by Crippen LogP contribution is 2.25. The molecule has 1 aromatic carbocycles. The number of nitrogens with two attached hydrogens (primary N) is 1. The molecule has 0 bridgehead atoms. The fourth-order valence-corrected chi connectivity index (χ4v) is 3.37. The van der Waals surface area contributed by atoms with Gasteiger partial charge in [0.1, 0.15) is 5.82 Å². The van der Waals surface area contributed by atoms with E-state index in [0.717, 1.165) is 16.3 Å². The van der Waals surface area contributed by atoms with E-state index in [1.807, 2.05) is 0 Å². The molecule has 1 heterocycles. The number of benzene rings is 1. The molecule has 1 atom stereocenters. The van der Waals surface area contributed by atoms with E-state index in [4.69, 9.17) is 17.3 Å². The van der Waals surface area contributed by atoms with Crippen LogP contribution < -0.4 is 5.73 Å². The molecular formula is C16H20ClFN2S. The highest BCUT2D eigenvalue weighted by Gasteiger charge is 2.18. The summed E-state index contributed by atoms with van der Waals surface area (Å²) in [6.07, 6.45) is 1.32. The second kappa shape index (κ2) is 6.42. The van der Waals surface area contributed by atoms with Gasteiger partial charge in [-0.25, -0.2) is 9.37 Å². The largest absolute Gasteiger partial charge is 0.327 e. The van der Waals surface area contributed by atoms with Crippen molar-refractivity contribution in [1.82, 2.24) is 4.98 Å². The van der Waals surface area contributed by atoms with Crippen LogP contribution in [0.25, 0.3) is 0 Å². The van der Waals surface area contributed by atoms with Crippen molar-refractivity contribution in [3.63, 3.8) is 0 Å². The zero-order chi connectivity index (χ0) is 15.6. The lowest BCUT2D eigenvalue weighted by molar-refractivity contribution is 0.567. The van der Waals surface area contributed by atoms with Crippen molar-refractivity contribution in [3.05, 3.63) is 50.7 Å². The monoisotopic (exact) mass is 326 g/mol. The van der Waals surface area contributed by atoms with Crippen LogP contribution in [0.1, 0.15) is 37.0 Å². The molecule has 114 valence electrons. The Morgan fingerprint density at radius 3 is 2.62 bits per heavy atom. The maximum absolute atomic E-state index is 13.0. The quantitative estimate of drug-likeness (QED) is 0.907. The summed E-state index contributed by atoms with van der Waals surface area (Å²) in [5, 5.41) is 3.55. The van der Waals surface area contributed by atoms with E-state index in [-0.39, 0.29) is 17.3 Å². The van der Waals surface area contributed by atoms with Gasteiger partial charge in [0.2, 0.25) is 0 Å². The molecule has 0 amide bonds. The number of hydrogen-bond donors (Lipinski definition) is 1. The topological polar surface area (TPSA) is 38.9 Å². The number of halogens is 2. The lowest BCUT2D eigenvalue weighted by Gasteiger charge is -2.14. The molecule has 1 aromatic heterocycles. The minimum atomic E-state index is -0.327. The molecule has 2 aromatic rings. The van der Waals surface area contributed by atoms with Crippen molar-refractivity contribution < 1.29 is 4.39 Å². The maximum atomic E-state index is 13.0. The van der Waals surface area contributed by atoms with Crippen molar-refractivity contribution in [2.75, 3.05) is 0 Å². The highest BCUT2D eigenvalue weighted by atomic mass is 35.5. The second-order valence-corrected chi connectivity index (χ2v) is 7.63. The third-order valence-electron chi connectivity index (χ3n) is 3.25. The Morgan fingerprint density at radius 1 is 1.33 bits per heavy atom. The smallest absolute Gasteiger partial charge is 0.124 e. The van der Waals surface area contributed by atoms with Crippen molar-refractivity contribution >= 4 is 22.9 Å². The Balaban J connectivity index is 2.01. The number of rotatable bonds is 4. The summed E-state index contributed by atoms with van der Waals surface area (Å²) in [4.78, 5) is 4.65. The number of hydrogen-bond acceptors (Lipinski definition) is 3. The molecule has 1 unspecified atom stereocenters. The molecule has 0 spiro atoms. The summed E-state index contributed by atoms with van der Waals surface area (Å²) >= 11 is 7.67. The van der Waals surface area contributed by atoms with Gasteiger partial charge in [-0.3, -0.25) is 0 Å². The molecule has 5 heteroatoms. The molecule has 0 fully saturated rings. The van der Waals surface area contributed by atoms with Crippen LogP contribution in [-0.4, -0.2) is 11.0 Å². The molecule has 2 rings (SSSR count). The van der Waals surface area contributed by atoms with Gasteiger partial charge in [-0.05, 0) is 24.1 Å². The van der Waals surface area contributed by atoms with Gasteiger partial charge in [-0.1, -0.05) is 38.4 Å².